The average Bonchev–Trinajstić information content (AvgIpc) is 2.79. The van der Waals surface area contributed by atoms with Crippen LogP contribution >= 0.6 is 0 Å². The first-order valence-electron chi connectivity index (χ1n) is 6.35. The Kier molecular flexibility index (Phi) is 3.76. The Morgan fingerprint density at radius 3 is 2.83 bits per heavy atom. The summed E-state index contributed by atoms with van der Waals surface area (Å²) < 4.78 is 0. The van der Waals surface area contributed by atoms with Crippen LogP contribution in [0.3, 0.4) is 0 Å². The number of aliphatic hydroxyl groups excluding tert-OH is 1. The Balaban J connectivity index is 0.000000574. The lowest BCUT2D eigenvalue weighted by Crippen LogP contribution is -2.50. The number of fused-ring (bicyclic) bond motifs is 1. The Morgan fingerprint density at radius 2 is 2.22 bits per heavy atom. The Morgan fingerprint density at radius 1 is 1.44 bits per heavy atom. The molecule has 1 aliphatic rings. The summed E-state index contributed by atoms with van der Waals surface area (Å²) in [5.74, 6) is 1.59. The SMILES string of the molecule is CC.Cc1nc(N2CCC2CO)c2cn[nH]c2n1. The summed E-state index contributed by atoms with van der Waals surface area (Å²) in [5.41, 5.74) is 0.756. The Labute approximate surface area is 106 Å². The minimum atomic E-state index is 0.169. The van der Waals surface area contributed by atoms with E-state index in [0.29, 0.717) is 0 Å². The highest BCUT2D eigenvalue weighted by atomic mass is 16.3. The lowest BCUT2D eigenvalue weighted by Gasteiger charge is -2.41. The molecule has 2 aromatic rings. The molecule has 1 saturated heterocycles. The predicted octanol–water partition coefficient (Wildman–Crippen LogP) is 1.26. The van der Waals surface area contributed by atoms with E-state index in [1.807, 2.05) is 20.8 Å². The second-order valence-electron chi connectivity index (χ2n) is 4.05. The first-order valence-corrected chi connectivity index (χ1v) is 6.35. The van der Waals surface area contributed by atoms with E-state index in [1.165, 1.54) is 0 Å². The molecule has 6 heteroatoms. The summed E-state index contributed by atoms with van der Waals surface area (Å²) in [7, 11) is 0. The van der Waals surface area contributed by atoms with Crippen molar-refractivity contribution in [2.24, 2.45) is 0 Å². The summed E-state index contributed by atoms with van der Waals surface area (Å²) in [6.07, 6.45) is 2.75. The number of hydrogen-bond acceptors (Lipinski definition) is 5. The van der Waals surface area contributed by atoms with Gasteiger partial charge in [0.15, 0.2) is 5.65 Å². The number of aryl methyl sites for hydroxylation is 1. The summed E-state index contributed by atoms with van der Waals surface area (Å²) in [6.45, 7) is 6.96. The van der Waals surface area contributed by atoms with Crippen molar-refractivity contribution in [3.8, 4) is 0 Å². The van der Waals surface area contributed by atoms with Crippen LogP contribution in [0.5, 0.6) is 0 Å². The van der Waals surface area contributed by atoms with Crippen molar-refractivity contribution in [1.82, 2.24) is 20.2 Å². The average molecular weight is 249 g/mol. The maximum Gasteiger partial charge on any atom is 0.161 e. The molecule has 1 aliphatic heterocycles. The molecule has 0 saturated carbocycles. The van der Waals surface area contributed by atoms with E-state index in [-0.39, 0.29) is 12.6 Å². The number of rotatable bonds is 2. The van der Waals surface area contributed by atoms with Gasteiger partial charge in [0.2, 0.25) is 0 Å². The standard InChI is InChI=1S/C10H13N5O.C2H6/c1-6-12-9-8(4-11-14-9)10(13-6)15-3-2-7(15)5-16;1-2/h4,7,16H,2-3,5H2,1H3,(H,11,12,13,14);1-2H3. The van der Waals surface area contributed by atoms with Gasteiger partial charge < -0.3 is 10.0 Å². The van der Waals surface area contributed by atoms with Crippen LogP contribution in [0.25, 0.3) is 11.0 Å². The number of nitrogens with zero attached hydrogens (tertiary/aromatic N) is 4. The van der Waals surface area contributed by atoms with Gasteiger partial charge in [-0.05, 0) is 13.3 Å². The second-order valence-corrected chi connectivity index (χ2v) is 4.05. The molecule has 0 amide bonds. The van der Waals surface area contributed by atoms with Crippen molar-refractivity contribution >= 4 is 16.9 Å². The fourth-order valence-corrected chi connectivity index (χ4v) is 2.06. The number of anilines is 1. The second kappa shape index (κ2) is 5.30. The zero-order valence-corrected chi connectivity index (χ0v) is 11.0. The Hall–Kier alpha value is -1.69. The van der Waals surface area contributed by atoms with Crippen LogP contribution in [0.1, 0.15) is 26.1 Å². The van der Waals surface area contributed by atoms with Crippen molar-refractivity contribution in [1.29, 1.82) is 0 Å². The predicted molar refractivity (Wildman–Crippen MR) is 70.6 cm³/mol. The largest absolute Gasteiger partial charge is 0.394 e. The third-order valence-electron chi connectivity index (χ3n) is 3.03. The number of aromatic amines is 1. The van der Waals surface area contributed by atoms with E-state index < -0.39 is 0 Å². The van der Waals surface area contributed by atoms with Gasteiger partial charge in [0.25, 0.3) is 0 Å². The van der Waals surface area contributed by atoms with E-state index >= 15 is 0 Å². The molecule has 18 heavy (non-hydrogen) atoms. The van der Waals surface area contributed by atoms with Crippen LogP contribution in [0.2, 0.25) is 0 Å². The van der Waals surface area contributed by atoms with Crippen molar-refractivity contribution in [2.45, 2.75) is 33.2 Å². The van der Waals surface area contributed by atoms with Gasteiger partial charge in [-0.2, -0.15) is 5.10 Å². The van der Waals surface area contributed by atoms with Crippen molar-refractivity contribution in [2.75, 3.05) is 18.1 Å². The highest BCUT2D eigenvalue weighted by molar-refractivity contribution is 5.87. The fraction of sp³-hybridized carbons (Fsp3) is 0.583. The summed E-state index contributed by atoms with van der Waals surface area (Å²) in [6, 6.07) is 0.187. The molecular formula is C12H19N5O. The zero-order chi connectivity index (χ0) is 13.1. The van der Waals surface area contributed by atoms with Gasteiger partial charge in [0.1, 0.15) is 11.6 Å². The molecule has 3 heterocycles. The van der Waals surface area contributed by atoms with E-state index in [1.54, 1.807) is 6.20 Å². The Bertz CT molecular complexity index is 522. The molecule has 1 fully saturated rings. The summed E-state index contributed by atoms with van der Waals surface area (Å²) >= 11 is 0. The first-order chi connectivity index (χ1) is 8.79. The molecule has 0 spiro atoms. The van der Waals surface area contributed by atoms with Crippen LogP contribution < -0.4 is 4.90 Å². The van der Waals surface area contributed by atoms with Gasteiger partial charge in [-0.3, -0.25) is 5.10 Å². The van der Waals surface area contributed by atoms with E-state index in [9.17, 15) is 5.11 Å². The summed E-state index contributed by atoms with van der Waals surface area (Å²) in [5, 5.41) is 16.9. The minimum Gasteiger partial charge on any atom is -0.394 e. The van der Waals surface area contributed by atoms with E-state index in [0.717, 1.165) is 35.6 Å². The van der Waals surface area contributed by atoms with Crippen molar-refractivity contribution in [3.05, 3.63) is 12.0 Å². The van der Waals surface area contributed by atoms with Crippen LogP contribution in [0.4, 0.5) is 5.82 Å². The number of H-pyrrole nitrogens is 1. The molecule has 98 valence electrons. The number of aliphatic hydroxyl groups is 1. The number of nitrogens with one attached hydrogen (secondary N) is 1. The molecule has 3 rings (SSSR count). The molecular weight excluding hydrogens is 230 g/mol. The first kappa shape index (κ1) is 12.8. The van der Waals surface area contributed by atoms with E-state index in [2.05, 4.69) is 25.1 Å². The van der Waals surface area contributed by atoms with Gasteiger partial charge in [-0.1, -0.05) is 13.8 Å². The molecule has 0 aliphatic carbocycles. The normalized spacial score (nSPS) is 18.2. The molecule has 0 bridgehead atoms. The highest BCUT2D eigenvalue weighted by Crippen LogP contribution is 2.29. The van der Waals surface area contributed by atoms with Crippen molar-refractivity contribution < 1.29 is 5.11 Å². The molecule has 6 nitrogen and oxygen atoms in total. The third kappa shape index (κ3) is 2.03. The van der Waals surface area contributed by atoms with Gasteiger partial charge in [-0.25, -0.2) is 9.97 Å². The van der Waals surface area contributed by atoms with Crippen LogP contribution in [-0.2, 0) is 0 Å². The molecule has 0 aromatic carbocycles. The minimum absolute atomic E-state index is 0.169. The van der Waals surface area contributed by atoms with Gasteiger partial charge in [0, 0.05) is 6.54 Å². The topological polar surface area (TPSA) is 77.9 Å². The summed E-state index contributed by atoms with van der Waals surface area (Å²) in [4.78, 5) is 10.8. The lowest BCUT2D eigenvalue weighted by atomic mass is 10.0. The number of hydrogen-bond donors (Lipinski definition) is 2. The van der Waals surface area contributed by atoms with Crippen molar-refractivity contribution in [3.63, 3.8) is 0 Å². The lowest BCUT2D eigenvalue weighted by molar-refractivity contribution is 0.226. The molecule has 2 N–H and O–H groups in total. The smallest absolute Gasteiger partial charge is 0.161 e. The monoisotopic (exact) mass is 249 g/mol. The third-order valence-corrected chi connectivity index (χ3v) is 3.03. The highest BCUT2D eigenvalue weighted by Gasteiger charge is 2.30. The van der Waals surface area contributed by atoms with Crippen LogP contribution in [0.15, 0.2) is 6.20 Å². The molecule has 2 aromatic heterocycles. The van der Waals surface area contributed by atoms with Gasteiger partial charge >= 0.3 is 0 Å². The molecule has 1 atom stereocenters. The fourth-order valence-electron chi connectivity index (χ4n) is 2.06. The van der Waals surface area contributed by atoms with E-state index in [4.69, 9.17) is 0 Å². The maximum absolute atomic E-state index is 9.20. The van der Waals surface area contributed by atoms with Gasteiger partial charge in [-0.15, -0.1) is 0 Å². The van der Waals surface area contributed by atoms with Crippen LogP contribution in [0, 0.1) is 6.92 Å². The van der Waals surface area contributed by atoms with Gasteiger partial charge in [0.05, 0.1) is 24.2 Å². The molecule has 1 unspecified atom stereocenters. The van der Waals surface area contributed by atoms with Crippen LogP contribution in [-0.4, -0.2) is 44.5 Å². The maximum atomic E-state index is 9.20. The zero-order valence-electron chi connectivity index (χ0n) is 11.0. The quantitative estimate of drug-likeness (QED) is 0.837. The number of aromatic nitrogens is 4. The molecule has 0 radical (unpaired) electrons.